The second-order valence-electron chi connectivity index (χ2n) is 3.97. The van der Waals surface area contributed by atoms with Gasteiger partial charge in [-0.2, -0.15) is 0 Å². The molecule has 94 valence electrons. The highest BCUT2D eigenvalue weighted by Crippen LogP contribution is 1.84. The molecule has 0 aliphatic rings. The Morgan fingerprint density at radius 1 is 0.533 bits per heavy atom. The highest BCUT2D eigenvalue weighted by atomic mass is 15.3. The van der Waals surface area contributed by atoms with E-state index >= 15 is 0 Å². The average molecular weight is 217 g/mol. The van der Waals surface area contributed by atoms with Crippen LogP contribution in [0.15, 0.2) is 0 Å². The van der Waals surface area contributed by atoms with Crippen molar-refractivity contribution in [1.29, 1.82) is 0 Å². The molecule has 0 saturated carbocycles. The Hall–Kier alpha value is -0.120. The molecule has 0 radical (unpaired) electrons. The van der Waals surface area contributed by atoms with Gasteiger partial charge in [0.25, 0.3) is 0 Å². The molecule has 0 aromatic carbocycles. The topological polar surface area (TPSA) is 9.72 Å². The zero-order valence-corrected chi connectivity index (χ0v) is 11.9. The Morgan fingerprint density at radius 3 is 0.933 bits per heavy atom. The van der Waals surface area contributed by atoms with Crippen LogP contribution in [0.25, 0.3) is 0 Å². The zero-order chi connectivity index (χ0) is 12.3. The molecule has 15 heavy (non-hydrogen) atoms. The van der Waals surface area contributed by atoms with Crippen molar-refractivity contribution in [1.82, 2.24) is 14.7 Å². The van der Waals surface area contributed by atoms with Crippen molar-refractivity contribution in [2.24, 2.45) is 0 Å². The minimum absolute atomic E-state index is 1.08. The van der Waals surface area contributed by atoms with Gasteiger partial charge in [0, 0.05) is 6.67 Å². The summed E-state index contributed by atoms with van der Waals surface area (Å²) in [5.74, 6) is 0. The second-order valence-corrected chi connectivity index (χ2v) is 3.97. The highest BCUT2D eigenvalue weighted by molar-refractivity contribution is 4.46. The largest absolute Gasteiger partial charge is 0.307 e. The first-order valence-electron chi connectivity index (χ1n) is 6.07. The van der Waals surface area contributed by atoms with Gasteiger partial charge in [0.1, 0.15) is 0 Å². The molecule has 0 heterocycles. The smallest absolute Gasteiger partial charge is 0.0500 e. The zero-order valence-electron chi connectivity index (χ0n) is 11.9. The molecule has 3 heteroatoms. The van der Waals surface area contributed by atoms with Crippen molar-refractivity contribution in [3.63, 3.8) is 0 Å². The van der Waals surface area contributed by atoms with E-state index in [4.69, 9.17) is 0 Å². The van der Waals surface area contributed by atoms with Gasteiger partial charge in [-0.05, 0) is 47.3 Å². The summed E-state index contributed by atoms with van der Waals surface area (Å²) in [6.07, 6.45) is 0. The van der Waals surface area contributed by atoms with Crippen LogP contribution in [0.4, 0.5) is 0 Å². The van der Waals surface area contributed by atoms with E-state index in [0.717, 1.165) is 32.8 Å². The van der Waals surface area contributed by atoms with Gasteiger partial charge in [-0.15, -0.1) is 0 Å². The molecule has 0 atom stereocenters. The Bertz CT molecular complexity index is 105. The van der Waals surface area contributed by atoms with Crippen LogP contribution >= 0.6 is 0 Å². The summed E-state index contributed by atoms with van der Waals surface area (Å²) in [7, 11) is 6.37. The van der Waals surface area contributed by atoms with Crippen LogP contribution in [0.1, 0.15) is 27.7 Å². The first-order valence-corrected chi connectivity index (χ1v) is 6.07. The van der Waals surface area contributed by atoms with E-state index in [1.54, 1.807) is 0 Å². The minimum atomic E-state index is 1.08. The van der Waals surface area contributed by atoms with Gasteiger partial charge in [0.2, 0.25) is 0 Å². The molecule has 0 N–H and O–H groups in total. The van der Waals surface area contributed by atoms with E-state index in [9.17, 15) is 0 Å². The van der Waals surface area contributed by atoms with Gasteiger partial charge >= 0.3 is 0 Å². The summed E-state index contributed by atoms with van der Waals surface area (Å²) in [6, 6.07) is 0. The molecule has 3 nitrogen and oxygen atoms in total. The van der Waals surface area contributed by atoms with Gasteiger partial charge in [0.15, 0.2) is 0 Å². The lowest BCUT2D eigenvalue weighted by molar-refractivity contribution is 0.196. The van der Waals surface area contributed by atoms with Crippen molar-refractivity contribution in [2.45, 2.75) is 27.7 Å². The fourth-order valence-electron chi connectivity index (χ4n) is 0.836. The summed E-state index contributed by atoms with van der Waals surface area (Å²) >= 11 is 0. The second kappa shape index (κ2) is 12.0. The van der Waals surface area contributed by atoms with Crippen LogP contribution in [-0.4, -0.2) is 68.7 Å². The lowest BCUT2D eigenvalue weighted by atomic mass is 10.6. The molecule has 0 aromatic heterocycles. The maximum absolute atomic E-state index is 2.28. The predicted molar refractivity (Wildman–Crippen MR) is 70.3 cm³/mol. The number of hydrogen-bond acceptors (Lipinski definition) is 3. The summed E-state index contributed by atoms with van der Waals surface area (Å²) in [5, 5.41) is 0. The lowest BCUT2D eigenvalue weighted by Gasteiger charge is -2.21. The Morgan fingerprint density at radius 2 is 0.800 bits per heavy atom. The normalized spacial score (nSPS) is 10.8. The van der Waals surface area contributed by atoms with Gasteiger partial charge in [0.05, 0.1) is 0 Å². The van der Waals surface area contributed by atoms with Crippen LogP contribution in [0.3, 0.4) is 0 Å². The van der Waals surface area contributed by atoms with Gasteiger partial charge in [-0.25, -0.2) is 0 Å². The first kappa shape index (κ1) is 17.3. The molecule has 0 bridgehead atoms. The van der Waals surface area contributed by atoms with E-state index in [0.29, 0.717) is 0 Å². The number of nitrogens with zero attached hydrogens (tertiary/aromatic N) is 3. The van der Waals surface area contributed by atoms with Crippen LogP contribution < -0.4 is 0 Å². The third-order valence-corrected chi connectivity index (χ3v) is 2.64. The van der Waals surface area contributed by atoms with E-state index < -0.39 is 0 Å². The molecular formula is C12H31N3. The van der Waals surface area contributed by atoms with E-state index in [2.05, 4.69) is 63.5 Å². The molecule has 0 unspecified atom stereocenters. The maximum atomic E-state index is 2.28. The van der Waals surface area contributed by atoms with E-state index in [-0.39, 0.29) is 0 Å². The SMILES string of the molecule is CCN(C)CC.CCN(C)CN(C)CC. The molecule has 0 spiro atoms. The fourth-order valence-corrected chi connectivity index (χ4v) is 0.836. The Kier molecular flexibility index (Phi) is 13.8. The Labute approximate surface area is 97.0 Å². The highest BCUT2D eigenvalue weighted by Gasteiger charge is 1.96. The number of rotatable bonds is 6. The summed E-state index contributed by atoms with van der Waals surface area (Å²) < 4.78 is 0. The molecule has 0 aliphatic heterocycles. The van der Waals surface area contributed by atoms with Gasteiger partial charge in [-0.3, -0.25) is 9.80 Å². The van der Waals surface area contributed by atoms with E-state index in [1.807, 2.05) is 0 Å². The Balaban J connectivity index is 0. The first-order chi connectivity index (χ1) is 7.01. The van der Waals surface area contributed by atoms with Crippen molar-refractivity contribution in [3.05, 3.63) is 0 Å². The quantitative estimate of drug-likeness (QED) is 0.628. The lowest BCUT2D eigenvalue weighted by Crippen LogP contribution is -2.32. The standard InChI is InChI=1S/C7H18N2.C5H13N/c1-5-8(3)7-9(4)6-2;1-4-6(3)5-2/h5-7H2,1-4H3;4-5H2,1-3H3. The third-order valence-electron chi connectivity index (χ3n) is 2.64. The van der Waals surface area contributed by atoms with Crippen molar-refractivity contribution >= 4 is 0 Å². The summed E-state index contributed by atoms with van der Waals surface area (Å²) in [4.78, 5) is 6.81. The molecule has 0 aromatic rings. The minimum Gasteiger partial charge on any atom is -0.307 e. The number of hydrogen-bond donors (Lipinski definition) is 0. The molecule has 0 fully saturated rings. The van der Waals surface area contributed by atoms with Gasteiger partial charge in [-0.1, -0.05) is 27.7 Å². The molecular weight excluding hydrogens is 186 g/mol. The van der Waals surface area contributed by atoms with Crippen molar-refractivity contribution < 1.29 is 0 Å². The maximum Gasteiger partial charge on any atom is 0.0500 e. The van der Waals surface area contributed by atoms with Crippen LogP contribution in [-0.2, 0) is 0 Å². The summed E-state index contributed by atoms with van der Waals surface area (Å²) in [6.45, 7) is 14.3. The van der Waals surface area contributed by atoms with Crippen LogP contribution in [0.5, 0.6) is 0 Å². The van der Waals surface area contributed by atoms with Gasteiger partial charge < -0.3 is 4.90 Å². The van der Waals surface area contributed by atoms with Crippen LogP contribution in [0.2, 0.25) is 0 Å². The van der Waals surface area contributed by atoms with Crippen molar-refractivity contribution in [3.8, 4) is 0 Å². The predicted octanol–water partition coefficient (Wildman–Crippen LogP) is 1.81. The molecule has 0 amide bonds. The van der Waals surface area contributed by atoms with Crippen molar-refractivity contribution in [2.75, 3.05) is 54.0 Å². The summed E-state index contributed by atoms with van der Waals surface area (Å²) in [5.41, 5.74) is 0. The molecule has 0 saturated heterocycles. The monoisotopic (exact) mass is 217 g/mol. The third kappa shape index (κ3) is 13.9. The molecule has 0 aliphatic carbocycles. The fraction of sp³-hybridized carbons (Fsp3) is 1.00. The van der Waals surface area contributed by atoms with E-state index in [1.165, 1.54) is 0 Å². The van der Waals surface area contributed by atoms with Crippen LogP contribution in [0, 0.1) is 0 Å². The average Bonchev–Trinajstić information content (AvgIpc) is 2.28. The molecule has 0 rings (SSSR count).